The van der Waals surface area contributed by atoms with Crippen LogP contribution in [-0.4, -0.2) is 6.18 Å². The second kappa shape index (κ2) is 7.89. The normalized spacial score (nSPS) is 10.4. The van der Waals surface area contributed by atoms with E-state index in [0.717, 1.165) is 0 Å². The summed E-state index contributed by atoms with van der Waals surface area (Å²) in [5.41, 5.74) is 0. The number of halogens is 3. The molecule has 0 aromatic carbocycles. The van der Waals surface area contributed by atoms with Crippen molar-refractivity contribution in [3.05, 3.63) is 0 Å². The summed E-state index contributed by atoms with van der Waals surface area (Å²) in [6.45, 7) is 5.99. The number of hydrogen-bond donors (Lipinski definition) is 0. The van der Waals surface area contributed by atoms with Gasteiger partial charge >= 0.3 is 6.18 Å². The highest BCUT2D eigenvalue weighted by Gasteiger charge is 2.25. The average molecular weight is 170 g/mol. The summed E-state index contributed by atoms with van der Waals surface area (Å²) in [5.74, 6) is 0. The third kappa shape index (κ3) is 25.9. The molecule has 0 spiro atoms. The van der Waals surface area contributed by atoms with Crippen LogP contribution in [0, 0.1) is 0 Å². The summed E-state index contributed by atoms with van der Waals surface area (Å²) in [4.78, 5) is 0. The van der Waals surface area contributed by atoms with Crippen molar-refractivity contribution >= 4 is 0 Å². The number of rotatable bonds is 2. The molecule has 0 heterocycles. The van der Waals surface area contributed by atoms with Crippen LogP contribution in [0.25, 0.3) is 0 Å². The first-order chi connectivity index (χ1) is 4.97. The topological polar surface area (TPSA) is 0 Å². The lowest BCUT2D eigenvalue weighted by Crippen LogP contribution is -2.05. The van der Waals surface area contributed by atoms with Gasteiger partial charge < -0.3 is 0 Å². The second-order valence-corrected chi connectivity index (χ2v) is 2.43. The molecular weight excluding hydrogens is 153 g/mol. The summed E-state index contributed by atoms with van der Waals surface area (Å²) >= 11 is 0. The largest absolute Gasteiger partial charge is 0.389 e. The number of hydrogen-bond acceptors (Lipinski definition) is 0. The fourth-order valence-electron chi connectivity index (χ4n) is 0.377. The maximum atomic E-state index is 11.2. The third-order valence-corrected chi connectivity index (χ3v) is 0.814. The van der Waals surface area contributed by atoms with Gasteiger partial charge in [0.2, 0.25) is 0 Å². The quantitative estimate of drug-likeness (QED) is 0.583. The van der Waals surface area contributed by atoms with Gasteiger partial charge in [0.15, 0.2) is 0 Å². The summed E-state index contributed by atoms with van der Waals surface area (Å²) in [6.07, 6.45) is -2.47. The van der Waals surface area contributed by atoms with E-state index in [1.54, 1.807) is 6.92 Å². The van der Waals surface area contributed by atoms with E-state index in [1.165, 1.54) is 6.42 Å². The molecule has 0 fully saturated rings. The van der Waals surface area contributed by atoms with Gasteiger partial charge in [-0.15, -0.1) is 0 Å². The van der Waals surface area contributed by atoms with Crippen LogP contribution in [0.5, 0.6) is 0 Å². The van der Waals surface area contributed by atoms with Crippen molar-refractivity contribution in [3.8, 4) is 0 Å². The third-order valence-electron chi connectivity index (χ3n) is 0.814. The Morgan fingerprint density at radius 2 is 1.36 bits per heavy atom. The Morgan fingerprint density at radius 3 is 1.45 bits per heavy atom. The van der Waals surface area contributed by atoms with Gasteiger partial charge in [0, 0.05) is 6.42 Å². The molecule has 0 aliphatic rings. The first kappa shape index (κ1) is 13.4. The van der Waals surface area contributed by atoms with E-state index >= 15 is 0 Å². The van der Waals surface area contributed by atoms with Gasteiger partial charge in [0.05, 0.1) is 0 Å². The van der Waals surface area contributed by atoms with Crippen LogP contribution >= 0.6 is 0 Å². The molecule has 0 aromatic rings. The van der Waals surface area contributed by atoms with E-state index < -0.39 is 12.6 Å². The maximum absolute atomic E-state index is 11.2. The van der Waals surface area contributed by atoms with Crippen LogP contribution in [0.1, 0.15) is 46.5 Å². The highest BCUT2D eigenvalue weighted by molar-refractivity contribution is 4.47. The molecule has 11 heavy (non-hydrogen) atoms. The van der Waals surface area contributed by atoms with Crippen molar-refractivity contribution in [2.75, 3.05) is 0 Å². The molecule has 0 unspecified atom stereocenters. The summed E-state index contributed by atoms with van der Waals surface area (Å²) in [6, 6.07) is 0. The van der Waals surface area contributed by atoms with Crippen LogP contribution in [0.15, 0.2) is 0 Å². The summed E-state index contributed by atoms with van der Waals surface area (Å²) < 4.78 is 33.7. The molecular formula is C8H17F3. The van der Waals surface area contributed by atoms with E-state index in [2.05, 4.69) is 13.8 Å². The van der Waals surface area contributed by atoms with Crippen molar-refractivity contribution in [1.29, 1.82) is 0 Å². The van der Waals surface area contributed by atoms with E-state index in [0.29, 0.717) is 6.42 Å². The fourth-order valence-corrected chi connectivity index (χ4v) is 0.377. The molecule has 0 radical (unpaired) electrons. The molecule has 0 saturated carbocycles. The van der Waals surface area contributed by atoms with Gasteiger partial charge in [-0.2, -0.15) is 13.2 Å². The van der Waals surface area contributed by atoms with Crippen LogP contribution in [0.4, 0.5) is 13.2 Å². The first-order valence-electron chi connectivity index (χ1n) is 4.04. The van der Waals surface area contributed by atoms with Gasteiger partial charge in [-0.05, 0) is 6.42 Å². The van der Waals surface area contributed by atoms with E-state index in [1.807, 2.05) is 0 Å². The molecule has 3 heteroatoms. The molecule has 0 amide bonds. The Hall–Kier alpha value is -0.210. The molecule has 70 valence electrons. The molecule has 0 nitrogen and oxygen atoms in total. The van der Waals surface area contributed by atoms with Gasteiger partial charge in [-0.1, -0.05) is 33.6 Å². The van der Waals surface area contributed by atoms with E-state index in [9.17, 15) is 13.2 Å². The fraction of sp³-hybridized carbons (Fsp3) is 1.00. The number of unbranched alkanes of at least 4 members (excludes halogenated alkanes) is 1. The first-order valence-corrected chi connectivity index (χ1v) is 4.04. The van der Waals surface area contributed by atoms with Gasteiger partial charge in [-0.3, -0.25) is 0 Å². The second-order valence-electron chi connectivity index (χ2n) is 2.43. The SMILES string of the molecule is CCC.CCCCC(F)(F)F. The van der Waals surface area contributed by atoms with Gasteiger partial charge in [0.1, 0.15) is 0 Å². The lowest BCUT2D eigenvalue weighted by atomic mass is 10.2. The molecule has 0 rings (SSSR count). The Balaban J connectivity index is 0. The van der Waals surface area contributed by atoms with Crippen molar-refractivity contribution in [2.24, 2.45) is 0 Å². The Morgan fingerprint density at radius 1 is 1.00 bits per heavy atom. The molecule has 0 N–H and O–H groups in total. The minimum atomic E-state index is -3.95. The van der Waals surface area contributed by atoms with Crippen LogP contribution < -0.4 is 0 Å². The lowest BCUT2D eigenvalue weighted by molar-refractivity contribution is -0.135. The van der Waals surface area contributed by atoms with Crippen LogP contribution in [-0.2, 0) is 0 Å². The highest BCUT2D eigenvalue weighted by atomic mass is 19.4. The van der Waals surface area contributed by atoms with Crippen molar-refractivity contribution in [3.63, 3.8) is 0 Å². The van der Waals surface area contributed by atoms with Crippen molar-refractivity contribution in [2.45, 2.75) is 52.6 Å². The standard InChI is InChI=1S/C5H9F3.C3H8/c1-2-3-4-5(6,7)8;1-3-2/h2-4H2,1H3;3H2,1-2H3. The predicted molar refractivity (Wildman–Crippen MR) is 41.5 cm³/mol. The van der Waals surface area contributed by atoms with Crippen LogP contribution in [0.3, 0.4) is 0 Å². The van der Waals surface area contributed by atoms with Gasteiger partial charge in [-0.25, -0.2) is 0 Å². The monoisotopic (exact) mass is 170 g/mol. The summed E-state index contributed by atoms with van der Waals surface area (Å²) in [7, 11) is 0. The molecule has 0 aliphatic carbocycles. The Labute approximate surface area is 66.8 Å². The Kier molecular flexibility index (Phi) is 9.60. The zero-order chi connectivity index (χ0) is 9.33. The van der Waals surface area contributed by atoms with E-state index in [4.69, 9.17) is 0 Å². The van der Waals surface area contributed by atoms with Crippen molar-refractivity contribution < 1.29 is 13.2 Å². The maximum Gasteiger partial charge on any atom is 0.389 e. The molecule has 0 aliphatic heterocycles. The van der Waals surface area contributed by atoms with E-state index in [-0.39, 0.29) is 6.42 Å². The molecule has 0 saturated heterocycles. The smallest absolute Gasteiger partial charge is 0.171 e. The Bertz CT molecular complexity index is 66.2. The van der Waals surface area contributed by atoms with Gasteiger partial charge in [0.25, 0.3) is 0 Å². The minimum Gasteiger partial charge on any atom is -0.171 e. The molecule has 0 aromatic heterocycles. The minimum absolute atomic E-state index is 0.253. The van der Waals surface area contributed by atoms with Crippen molar-refractivity contribution in [1.82, 2.24) is 0 Å². The number of alkyl halides is 3. The zero-order valence-corrected chi connectivity index (χ0v) is 7.46. The molecule has 0 atom stereocenters. The highest BCUT2D eigenvalue weighted by Crippen LogP contribution is 2.21. The zero-order valence-electron chi connectivity index (χ0n) is 7.46. The predicted octanol–water partition coefficient (Wildman–Crippen LogP) is 4.16. The lowest BCUT2D eigenvalue weighted by Gasteiger charge is -2.02. The molecule has 0 bridgehead atoms. The average Bonchev–Trinajstić information content (AvgIpc) is 1.84. The summed E-state index contributed by atoms with van der Waals surface area (Å²) in [5, 5.41) is 0. The van der Waals surface area contributed by atoms with Crippen LogP contribution in [0.2, 0.25) is 0 Å².